The summed E-state index contributed by atoms with van der Waals surface area (Å²) in [5.41, 5.74) is 0. The minimum Gasteiger partial charge on any atom is -0.465 e. The van der Waals surface area contributed by atoms with E-state index in [0.717, 1.165) is 4.68 Å². The molecule has 0 saturated heterocycles. The van der Waals surface area contributed by atoms with Gasteiger partial charge in [0.2, 0.25) is 5.89 Å². The number of esters is 1. The van der Waals surface area contributed by atoms with Crippen molar-refractivity contribution in [2.24, 2.45) is 0 Å². The lowest BCUT2D eigenvalue weighted by molar-refractivity contribution is -0.148. The number of rotatable bonds is 5. The number of Topliss-reactive ketones (excluding diaryl/α,β-unsaturated/α-hetero) is 1. The van der Waals surface area contributed by atoms with Crippen molar-refractivity contribution in [3.63, 3.8) is 0 Å². The molecule has 1 aromatic heterocycles. The predicted octanol–water partition coefficient (Wildman–Crippen LogP) is 0.653. The molecule has 7 nitrogen and oxygen atoms in total. The minimum atomic E-state index is -1.28. The third-order valence-corrected chi connectivity index (χ3v) is 2.25. The van der Waals surface area contributed by atoms with Gasteiger partial charge in [-0.3, -0.25) is 9.59 Å². The van der Waals surface area contributed by atoms with Gasteiger partial charge in [-0.2, -0.15) is 4.68 Å². The molecule has 0 aliphatic carbocycles. The Morgan fingerprint density at radius 1 is 1.44 bits per heavy atom. The molecule has 1 unspecified atom stereocenters. The number of nitrogens with zero attached hydrogens (tertiary/aromatic N) is 2. The van der Waals surface area contributed by atoms with Crippen molar-refractivity contribution in [3.05, 3.63) is 16.4 Å². The smallest absolute Gasteiger partial charge is 0.437 e. The normalized spacial score (nSPS) is 12.5. The van der Waals surface area contributed by atoms with E-state index in [0.29, 0.717) is 0 Å². The summed E-state index contributed by atoms with van der Waals surface area (Å²) >= 11 is 0. The summed E-state index contributed by atoms with van der Waals surface area (Å²) < 4.78 is 10.7. The Morgan fingerprint density at radius 3 is 2.44 bits per heavy atom. The molecule has 1 heterocycles. The molecule has 0 aliphatic rings. The Kier molecular flexibility index (Phi) is 4.41. The van der Waals surface area contributed by atoms with Crippen molar-refractivity contribution in [2.75, 3.05) is 6.61 Å². The van der Waals surface area contributed by atoms with E-state index in [9.17, 15) is 14.4 Å². The lowest BCUT2D eigenvalue weighted by atomic mass is 10.1. The largest absolute Gasteiger partial charge is 0.465 e. The number of ether oxygens (including phenoxy) is 1. The summed E-state index contributed by atoms with van der Waals surface area (Å²) in [5, 5.41) is 3.85. The van der Waals surface area contributed by atoms with Gasteiger partial charge in [-0.25, -0.2) is 4.79 Å². The summed E-state index contributed by atoms with van der Waals surface area (Å²) in [6, 6.07) is -0.218. The van der Waals surface area contributed by atoms with Gasteiger partial charge in [-0.05, 0) is 27.7 Å². The second-order valence-corrected chi connectivity index (χ2v) is 4.04. The SMILES string of the molecule is CCOC(=O)C(C(C)=O)c1nn(C(C)C)c(=O)o1. The highest BCUT2D eigenvalue weighted by molar-refractivity contribution is 6.02. The van der Waals surface area contributed by atoms with Crippen LogP contribution in [0.4, 0.5) is 0 Å². The first-order valence-corrected chi connectivity index (χ1v) is 5.65. The second-order valence-electron chi connectivity index (χ2n) is 4.04. The lowest BCUT2D eigenvalue weighted by Gasteiger charge is -2.08. The molecule has 0 aromatic carbocycles. The molecule has 0 amide bonds. The van der Waals surface area contributed by atoms with Gasteiger partial charge < -0.3 is 9.15 Å². The standard InChI is InChI=1S/C11H16N2O5/c1-5-17-10(15)8(7(4)14)9-12-13(6(2)3)11(16)18-9/h6,8H,5H2,1-4H3. The molecule has 0 bridgehead atoms. The molecular weight excluding hydrogens is 240 g/mol. The fourth-order valence-corrected chi connectivity index (χ4v) is 1.41. The third-order valence-electron chi connectivity index (χ3n) is 2.25. The Balaban J connectivity index is 3.15. The first kappa shape index (κ1) is 14.1. The summed E-state index contributed by atoms with van der Waals surface area (Å²) in [4.78, 5) is 34.5. The monoisotopic (exact) mass is 256 g/mol. The number of carbonyl (C=O) groups excluding carboxylic acids is 2. The van der Waals surface area contributed by atoms with Crippen molar-refractivity contribution in [1.82, 2.24) is 9.78 Å². The molecule has 0 saturated carbocycles. The predicted molar refractivity (Wildman–Crippen MR) is 61.2 cm³/mol. The van der Waals surface area contributed by atoms with Crippen molar-refractivity contribution >= 4 is 11.8 Å². The molecule has 0 aliphatic heterocycles. The number of hydrogen-bond acceptors (Lipinski definition) is 6. The van der Waals surface area contributed by atoms with Crippen LogP contribution in [0.25, 0.3) is 0 Å². The molecule has 1 aromatic rings. The molecule has 7 heteroatoms. The van der Waals surface area contributed by atoms with Crippen LogP contribution >= 0.6 is 0 Å². The number of hydrogen-bond donors (Lipinski definition) is 0. The van der Waals surface area contributed by atoms with E-state index in [1.165, 1.54) is 6.92 Å². The highest BCUT2D eigenvalue weighted by Gasteiger charge is 2.33. The zero-order valence-electron chi connectivity index (χ0n) is 10.8. The molecule has 1 rings (SSSR count). The van der Waals surface area contributed by atoms with Crippen LogP contribution in [0.15, 0.2) is 9.21 Å². The second kappa shape index (κ2) is 5.61. The van der Waals surface area contributed by atoms with Gasteiger partial charge in [-0.15, -0.1) is 5.10 Å². The van der Waals surface area contributed by atoms with Crippen LogP contribution in [-0.4, -0.2) is 28.1 Å². The van der Waals surface area contributed by atoms with E-state index in [-0.39, 0.29) is 18.5 Å². The van der Waals surface area contributed by atoms with Crippen LogP contribution in [0.3, 0.4) is 0 Å². The fourth-order valence-electron chi connectivity index (χ4n) is 1.41. The van der Waals surface area contributed by atoms with Gasteiger partial charge in [0.15, 0.2) is 11.7 Å². The van der Waals surface area contributed by atoms with E-state index in [1.807, 2.05) is 0 Å². The molecule has 1 atom stereocenters. The van der Waals surface area contributed by atoms with E-state index < -0.39 is 23.4 Å². The maximum Gasteiger partial charge on any atom is 0.437 e. The zero-order valence-corrected chi connectivity index (χ0v) is 10.8. The van der Waals surface area contributed by atoms with Gasteiger partial charge in [0, 0.05) is 0 Å². The summed E-state index contributed by atoms with van der Waals surface area (Å²) in [5.74, 6) is -3.44. The third kappa shape index (κ3) is 2.85. The Morgan fingerprint density at radius 2 is 2.06 bits per heavy atom. The number of carbonyl (C=O) groups is 2. The quantitative estimate of drug-likeness (QED) is 0.567. The van der Waals surface area contributed by atoms with Gasteiger partial charge >= 0.3 is 11.7 Å². The molecule has 18 heavy (non-hydrogen) atoms. The van der Waals surface area contributed by atoms with Gasteiger partial charge in [-0.1, -0.05) is 0 Å². The number of aromatic nitrogens is 2. The molecule has 0 N–H and O–H groups in total. The van der Waals surface area contributed by atoms with Gasteiger partial charge in [0.25, 0.3) is 0 Å². The summed E-state index contributed by atoms with van der Waals surface area (Å²) in [7, 11) is 0. The summed E-state index contributed by atoms with van der Waals surface area (Å²) in [6.07, 6.45) is 0. The van der Waals surface area contributed by atoms with E-state index in [2.05, 4.69) is 5.10 Å². The zero-order chi connectivity index (χ0) is 13.9. The van der Waals surface area contributed by atoms with Crippen LogP contribution in [-0.2, 0) is 14.3 Å². The molecule has 0 fully saturated rings. The van der Waals surface area contributed by atoms with Crippen molar-refractivity contribution < 1.29 is 18.7 Å². The van der Waals surface area contributed by atoms with Crippen LogP contribution < -0.4 is 5.76 Å². The topological polar surface area (TPSA) is 91.4 Å². The van der Waals surface area contributed by atoms with Crippen LogP contribution in [0.2, 0.25) is 0 Å². The van der Waals surface area contributed by atoms with E-state index in [4.69, 9.17) is 9.15 Å². The molecular formula is C11H16N2O5. The molecule has 0 spiro atoms. The highest BCUT2D eigenvalue weighted by atomic mass is 16.5. The fraction of sp³-hybridized carbons (Fsp3) is 0.636. The van der Waals surface area contributed by atoms with Gasteiger partial charge in [0.05, 0.1) is 12.6 Å². The first-order chi connectivity index (χ1) is 8.38. The Labute approximate surface area is 104 Å². The molecule has 100 valence electrons. The van der Waals surface area contributed by atoms with E-state index in [1.54, 1.807) is 20.8 Å². The van der Waals surface area contributed by atoms with E-state index >= 15 is 0 Å². The van der Waals surface area contributed by atoms with Crippen LogP contribution in [0.5, 0.6) is 0 Å². The maximum atomic E-state index is 11.6. The van der Waals surface area contributed by atoms with Crippen molar-refractivity contribution in [1.29, 1.82) is 0 Å². The van der Waals surface area contributed by atoms with Crippen LogP contribution in [0.1, 0.15) is 45.5 Å². The highest BCUT2D eigenvalue weighted by Crippen LogP contribution is 2.16. The van der Waals surface area contributed by atoms with Crippen molar-refractivity contribution in [3.8, 4) is 0 Å². The van der Waals surface area contributed by atoms with Crippen LogP contribution in [0, 0.1) is 0 Å². The first-order valence-electron chi connectivity index (χ1n) is 5.65. The summed E-state index contributed by atoms with van der Waals surface area (Å²) in [6.45, 7) is 6.45. The average Bonchev–Trinajstić information content (AvgIpc) is 2.60. The minimum absolute atomic E-state index is 0.137. The average molecular weight is 256 g/mol. The Bertz CT molecular complexity index is 500. The molecule has 0 radical (unpaired) electrons. The maximum absolute atomic E-state index is 11.6. The number of ketones is 1. The van der Waals surface area contributed by atoms with Gasteiger partial charge in [0.1, 0.15) is 0 Å². The Hall–Kier alpha value is -1.92. The lowest BCUT2D eigenvalue weighted by Crippen LogP contribution is -2.23. The van der Waals surface area contributed by atoms with Crippen molar-refractivity contribution in [2.45, 2.75) is 39.7 Å².